The minimum Gasteiger partial charge on any atom is -0.404 e. The number of carbonyl (C=O) groups excluding carboxylic acids is 2. The summed E-state index contributed by atoms with van der Waals surface area (Å²) in [5.74, 6) is -3.41. The summed E-state index contributed by atoms with van der Waals surface area (Å²) < 4.78 is 26.1. The second kappa shape index (κ2) is 8.47. The topological polar surface area (TPSA) is 75.4 Å². The van der Waals surface area contributed by atoms with Crippen LogP contribution in [0.3, 0.4) is 0 Å². The van der Waals surface area contributed by atoms with Gasteiger partial charge in [-0.05, 0) is 17.7 Å². The van der Waals surface area contributed by atoms with E-state index in [1.807, 2.05) is 0 Å². The molecule has 0 heterocycles. The molecule has 0 aliphatic rings. The molecule has 0 radical (unpaired) electrons. The number of carbonyl (C=O) groups is 2. The van der Waals surface area contributed by atoms with Crippen molar-refractivity contribution in [3.8, 4) is 0 Å². The van der Waals surface area contributed by atoms with Crippen molar-refractivity contribution in [1.82, 2.24) is 10.2 Å². The van der Waals surface area contributed by atoms with Crippen LogP contribution in [0.15, 0.2) is 55.4 Å². The Bertz CT molecular complexity index is 657. The Kier molecular flexibility index (Phi) is 6.67. The minimum absolute atomic E-state index is 0.0917. The van der Waals surface area contributed by atoms with E-state index in [4.69, 9.17) is 5.73 Å². The minimum atomic E-state index is -1.03. The molecular weight excluding hydrogens is 304 g/mol. The zero-order chi connectivity index (χ0) is 17.4. The van der Waals surface area contributed by atoms with Crippen LogP contribution in [-0.2, 0) is 16.1 Å². The van der Waals surface area contributed by atoms with Crippen molar-refractivity contribution < 1.29 is 18.4 Å². The number of hydrogen-bond acceptors (Lipinski definition) is 3. The summed E-state index contributed by atoms with van der Waals surface area (Å²) in [6.07, 6.45) is 3.50. The van der Waals surface area contributed by atoms with E-state index < -0.39 is 23.4 Å². The van der Waals surface area contributed by atoms with Crippen molar-refractivity contribution in [1.29, 1.82) is 0 Å². The lowest BCUT2D eigenvalue weighted by Gasteiger charge is -2.19. The number of amides is 2. The molecule has 0 bridgehead atoms. The molecule has 0 fully saturated rings. The summed E-state index contributed by atoms with van der Waals surface area (Å²) in [6.45, 7) is 7.00. The summed E-state index contributed by atoms with van der Waals surface area (Å²) in [6, 6.07) is 3.24. The van der Waals surface area contributed by atoms with E-state index in [9.17, 15) is 18.4 Å². The van der Waals surface area contributed by atoms with E-state index in [0.29, 0.717) is 5.56 Å². The van der Waals surface area contributed by atoms with Gasteiger partial charge in [0.2, 0.25) is 0 Å². The standard InChI is InChI=1S/C16H17F2N3O2/c1-3-7-20-15(22)12(9-19)16(23)21(4-2)10-11-5-6-13(17)14(18)8-11/h3-6,8-9H,1-2,7,10,19H2,(H,20,22)/b12-9-. The molecule has 0 aliphatic carbocycles. The third-order valence-electron chi connectivity index (χ3n) is 2.87. The van der Waals surface area contributed by atoms with Gasteiger partial charge < -0.3 is 16.0 Å². The smallest absolute Gasteiger partial charge is 0.265 e. The molecule has 1 aromatic rings. The highest BCUT2D eigenvalue weighted by molar-refractivity contribution is 6.18. The van der Waals surface area contributed by atoms with Crippen molar-refractivity contribution in [2.45, 2.75) is 6.54 Å². The maximum atomic E-state index is 13.2. The summed E-state index contributed by atoms with van der Waals surface area (Å²) >= 11 is 0. The van der Waals surface area contributed by atoms with Crippen LogP contribution in [0.2, 0.25) is 0 Å². The molecule has 1 rings (SSSR count). The summed E-state index contributed by atoms with van der Waals surface area (Å²) in [5, 5.41) is 2.43. The van der Waals surface area contributed by atoms with Gasteiger partial charge in [-0.1, -0.05) is 18.7 Å². The van der Waals surface area contributed by atoms with Gasteiger partial charge in [0.05, 0.1) is 6.54 Å². The summed E-state index contributed by atoms with van der Waals surface area (Å²) in [4.78, 5) is 25.2. The Morgan fingerprint density at radius 2 is 1.96 bits per heavy atom. The van der Waals surface area contributed by atoms with Gasteiger partial charge in [0.15, 0.2) is 11.6 Å². The van der Waals surface area contributed by atoms with Crippen LogP contribution >= 0.6 is 0 Å². The Labute approximate surface area is 132 Å². The van der Waals surface area contributed by atoms with Crippen molar-refractivity contribution in [3.63, 3.8) is 0 Å². The monoisotopic (exact) mass is 321 g/mol. The molecule has 0 unspecified atom stereocenters. The molecule has 2 amide bonds. The fourth-order valence-corrected chi connectivity index (χ4v) is 1.71. The van der Waals surface area contributed by atoms with Crippen LogP contribution in [0, 0.1) is 11.6 Å². The van der Waals surface area contributed by atoms with E-state index in [2.05, 4.69) is 18.5 Å². The van der Waals surface area contributed by atoms with Gasteiger partial charge in [0.1, 0.15) is 5.57 Å². The number of benzene rings is 1. The molecule has 0 atom stereocenters. The van der Waals surface area contributed by atoms with Gasteiger partial charge in [0.25, 0.3) is 11.8 Å². The molecule has 0 aliphatic heterocycles. The lowest BCUT2D eigenvalue weighted by Crippen LogP contribution is -2.35. The first-order valence-electron chi connectivity index (χ1n) is 6.63. The van der Waals surface area contributed by atoms with Crippen molar-refractivity contribution >= 4 is 11.8 Å². The first kappa shape index (κ1) is 18.1. The Balaban J connectivity index is 2.92. The molecule has 1 aromatic carbocycles. The van der Waals surface area contributed by atoms with Gasteiger partial charge in [-0.25, -0.2) is 8.78 Å². The Morgan fingerprint density at radius 3 is 2.48 bits per heavy atom. The summed E-state index contributed by atoms with van der Waals surface area (Å²) in [7, 11) is 0. The number of halogens is 2. The zero-order valence-electron chi connectivity index (χ0n) is 12.4. The average molecular weight is 321 g/mol. The highest BCUT2D eigenvalue weighted by Crippen LogP contribution is 2.13. The molecule has 0 spiro atoms. The third-order valence-corrected chi connectivity index (χ3v) is 2.87. The predicted molar refractivity (Wildman–Crippen MR) is 82.6 cm³/mol. The van der Waals surface area contributed by atoms with Crippen LogP contribution in [0.25, 0.3) is 0 Å². The van der Waals surface area contributed by atoms with Crippen LogP contribution in [0.5, 0.6) is 0 Å². The zero-order valence-corrected chi connectivity index (χ0v) is 12.4. The molecule has 0 saturated heterocycles. The van der Waals surface area contributed by atoms with Gasteiger partial charge in [-0.2, -0.15) is 0 Å². The van der Waals surface area contributed by atoms with Crippen LogP contribution in [0.1, 0.15) is 5.56 Å². The van der Waals surface area contributed by atoms with Gasteiger partial charge in [-0.15, -0.1) is 6.58 Å². The fraction of sp³-hybridized carbons (Fsp3) is 0.125. The van der Waals surface area contributed by atoms with E-state index in [-0.39, 0.29) is 18.7 Å². The Morgan fingerprint density at radius 1 is 1.26 bits per heavy atom. The number of nitrogens with zero attached hydrogens (tertiary/aromatic N) is 1. The summed E-state index contributed by atoms with van der Waals surface area (Å²) in [5.41, 5.74) is 5.37. The predicted octanol–water partition coefficient (Wildman–Crippen LogP) is 1.58. The Hall–Kier alpha value is -2.96. The van der Waals surface area contributed by atoms with E-state index in [1.54, 1.807) is 0 Å². The van der Waals surface area contributed by atoms with Gasteiger partial charge in [0, 0.05) is 18.9 Å². The average Bonchev–Trinajstić information content (AvgIpc) is 2.54. The van der Waals surface area contributed by atoms with Crippen LogP contribution in [0.4, 0.5) is 8.78 Å². The quantitative estimate of drug-likeness (QED) is 0.346. The van der Waals surface area contributed by atoms with Crippen molar-refractivity contribution in [3.05, 3.63) is 72.6 Å². The van der Waals surface area contributed by atoms with E-state index >= 15 is 0 Å². The normalized spacial score (nSPS) is 10.8. The third kappa shape index (κ3) is 4.77. The molecule has 7 heteroatoms. The lowest BCUT2D eigenvalue weighted by atomic mass is 10.1. The first-order valence-corrected chi connectivity index (χ1v) is 6.63. The molecule has 3 N–H and O–H groups in total. The lowest BCUT2D eigenvalue weighted by molar-refractivity contribution is -0.128. The highest BCUT2D eigenvalue weighted by Gasteiger charge is 2.22. The number of nitrogens with one attached hydrogen (secondary N) is 1. The first-order chi connectivity index (χ1) is 10.9. The molecule has 0 saturated carbocycles. The van der Waals surface area contributed by atoms with Crippen molar-refractivity contribution in [2.24, 2.45) is 5.73 Å². The second-order valence-corrected chi connectivity index (χ2v) is 4.44. The number of hydrogen-bond donors (Lipinski definition) is 2. The van der Waals surface area contributed by atoms with E-state index in [1.165, 1.54) is 18.3 Å². The van der Waals surface area contributed by atoms with Crippen LogP contribution in [-0.4, -0.2) is 23.3 Å². The largest absolute Gasteiger partial charge is 0.404 e. The van der Waals surface area contributed by atoms with Gasteiger partial charge >= 0.3 is 0 Å². The number of rotatable bonds is 7. The molecule has 23 heavy (non-hydrogen) atoms. The van der Waals surface area contributed by atoms with E-state index in [0.717, 1.165) is 23.2 Å². The van der Waals surface area contributed by atoms with Crippen molar-refractivity contribution in [2.75, 3.05) is 6.54 Å². The van der Waals surface area contributed by atoms with Gasteiger partial charge in [-0.3, -0.25) is 9.59 Å². The SMILES string of the molecule is C=CCNC(=O)/C(=C/N)C(=O)N(C=C)Cc1ccc(F)c(F)c1. The fourth-order valence-electron chi connectivity index (χ4n) is 1.71. The maximum Gasteiger partial charge on any atom is 0.265 e. The highest BCUT2D eigenvalue weighted by atomic mass is 19.2. The molecule has 0 aromatic heterocycles. The maximum absolute atomic E-state index is 13.2. The second-order valence-electron chi connectivity index (χ2n) is 4.44. The molecule has 5 nitrogen and oxygen atoms in total. The number of nitrogens with two attached hydrogens (primary N) is 1. The molecular formula is C16H17F2N3O2. The molecule has 122 valence electrons. The van der Waals surface area contributed by atoms with Crippen LogP contribution < -0.4 is 11.1 Å².